The Morgan fingerprint density at radius 3 is 2.08 bits per heavy atom. The van der Waals surface area contributed by atoms with E-state index < -0.39 is 5.97 Å². The van der Waals surface area contributed by atoms with Crippen molar-refractivity contribution in [3.8, 4) is 11.1 Å². The number of nitrogens with zero attached hydrogens (tertiary/aromatic N) is 2. The Balaban J connectivity index is 1.60. The molecule has 1 heterocycles. The minimum absolute atomic E-state index is 0.0407. The Morgan fingerprint density at radius 1 is 0.763 bits per heavy atom. The van der Waals surface area contributed by atoms with Crippen LogP contribution in [0.4, 0.5) is 0 Å². The molecule has 0 bridgehead atoms. The number of carboxylic acid groups (broad SMARTS) is 1. The van der Waals surface area contributed by atoms with Gasteiger partial charge in [-0.25, -0.2) is 0 Å². The second-order valence-corrected chi connectivity index (χ2v) is 8.81. The molecule has 0 aliphatic carbocycles. The fraction of sp³-hybridized carbons (Fsp3) is 0.161. The Morgan fingerprint density at radius 2 is 1.39 bits per heavy atom. The van der Waals surface area contributed by atoms with Gasteiger partial charge < -0.3 is 15.3 Å². The van der Waals surface area contributed by atoms with Crippen molar-refractivity contribution in [2.45, 2.75) is 19.4 Å². The van der Waals surface area contributed by atoms with Crippen LogP contribution in [0.15, 0.2) is 103 Å². The molecular weight excluding hydrogens is 478 g/mol. The van der Waals surface area contributed by atoms with Gasteiger partial charge in [-0.05, 0) is 46.9 Å². The molecule has 2 N–H and O–H groups in total. The van der Waals surface area contributed by atoms with Crippen molar-refractivity contribution in [3.05, 3.63) is 126 Å². The number of nitrogens with one attached hydrogen (secondary N) is 1. The largest absolute Gasteiger partial charge is 0.481 e. The highest BCUT2D eigenvalue weighted by Gasteiger charge is 2.23. The molecule has 0 aliphatic heterocycles. The van der Waals surface area contributed by atoms with Crippen LogP contribution in [-0.4, -0.2) is 45.9 Å². The second kappa shape index (κ2) is 13.0. The minimum Gasteiger partial charge on any atom is -0.481 e. The fourth-order valence-corrected chi connectivity index (χ4v) is 4.25. The number of benzene rings is 3. The molecular formula is C31H29N3O4. The Hall–Kier alpha value is -4.78. The van der Waals surface area contributed by atoms with E-state index >= 15 is 0 Å². The van der Waals surface area contributed by atoms with Gasteiger partial charge >= 0.3 is 5.97 Å². The summed E-state index contributed by atoms with van der Waals surface area (Å²) in [5.74, 6) is -1.53. The third-order valence-electron chi connectivity index (χ3n) is 6.14. The third kappa shape index (κ3) is 6.91. The van der Waals surface area contributed by atoms with Gasteiger partial charge in [0.2, 0.25) is 0 Å². The molecule has 7 nitrogen and oxygen atoms in total. The molecule has 0 radical (unpaired) electrons. The summed E-state index contributed by atoms with van der Waals surface area (Å²) in [5.41, 5.74) is 4.02. The van der Waals surface area contributed by atoms with Gasteiger partial charge in [0.05, 0.1) is 6.42 Å². The Labute approximate surface area is 221 Å². The van der Waals surface area contributed by atoms with E-state index in [1.54, 1.807) is 42.7 Å². The summed E-state index contributed by atoms with van der Waals surface area (Å²) in [5, 5.41) is 12.2. The fourth-order valence-electron chi connectivity index (χ4n) is 4.25. The average Bonchev–Trinajstić information content (AvgIpc) is 2.96. The van der Waals surface area contributed by atoms with E-state index in [4.69, 9.17) is 0 Å². The highest BCUT2D eigenvalue weighted by Crippen LogP contribution is 2.28. The van der Waals surface area contributed by atoms with Crippen LogP contribution in [0, 0.1) is 0 Å². The summed E-state index contributed by atoms with van der Waals surface area (Å²) in [7, 11) is 0. The predicted molar refractivity (Wildman–Crippen MR) is 146 cm³/mol. The first kappa shape index (κ1) is 26.3. The van der Waals surface area contributed by atoms with Crippen LogP contribution in [0.3, 0.4) is 0 Å². The van der Waals surface area contributed by atoms with Crippen molar-refractivity contribution in [2.24, 2.45) is 0 Å². The number of hydrogen-bond donors (Lipinski definition) is 2. The lowest BCUT2D eigenvalue weighted by Crippen LogP contribution is -2.33. The molecule has 0 saturated heterocycles. The average molecular weight is 508 g/mol. The first-order valence-corrected chi connectivity index (χ1v) is 12.4. The molecule has 0 saturated carbocycles. The van der Waals surface area contributed by atoms with Crippen molar-refractivity contribution < 1.29 is 19.5 Å². The van der Waals surface area contributed by atoms with E-state index in [9.17, 15) is 19.5 Å². The number of carbonyl (C=O) groups is 3. The zero-order chi connectivity index (χ0) is 26.7. The predicted octanol–water partition coefficient (Wildman–Crippen LogP) is 4.84. The highest BCUT2D eigenvalue weighted by molar-refractivity contribution is 6.06. The first-order valence-electron chi connectivity index (χ1n) is 12.4. The van der Waals surface area contributed by atoms with Gasteiger partial charge in [0, 0.05) is 43.2 Å². The second-order valence-electron chi connectivity index (χ2n) is 8.81. The molecule has 1 aromatic heterocycles. The third-order valence-corrected chi connectivity index (χ3v) is 6.14. The van der Waals surface area contributed by atoms with E-state index in [1.165, 1.54) is 4.90 Å². The Bertz CT molecular complexity index is 1390. The van der Waals surface area contributed by atoms with Crippen LogP contribution in [0.25, 0.3) is 11.1 Å². The van der Waals surface area contributed by atoms with Crippen LogP contribution in [0.1, 0.15) is 38.3 Å². The van der Waals surface area contributed by atoms with Crippen molar-refractivity contribution in [1.82, 2.24) is 15.2 Å². The maximum atomic E-state index is 13.8. The van der Waals surface area contributed by atoms with Crippen molar-refractivity contribution in [1.29, 1.82) is 0 Å². The normalized spacial score (nSPS) is 10.5. The molecule has 0 aliphatic rings. The zero-order valence-corrected chi connectivity index (χ0v) is 20.9. The molecule has 3 aromatic carbocycles. The maximum Gasteiger partial charge on any atom is 0.305 e. The quantitative estimate of drug-likeness (QED) is 0.303. The van der Waals surface area contributed by atoms with Gasteiger partial charge in [0.15, 0.2) is 0 Å². The number of carboxylic acids is 1. The maximum absolute atomic E-state index is 13.8. The summed E-state index contributed by atoms with van der Waals surface area (Å²) in [6, 6.07) is 27.8. The number of pyridine rings is 1. The number of hydrogen-bond acceptors (Lipinski definition) is 4. The molecule has 0 spiro atoms. The molecule has 192 valence electrons. The number of amides is 2. The SMILES string of the molecule is O=C(O)CCN(Cc1cccnc1)C(=O)c1ccccc1-c1ccccc1C(=O)NCCc1ccccc1. The number of carbonyl (C=O) groups excluding carboxylic acids is 2. The minimum atomic E-state index is -0.986. The van der Waals surface area contributed by atoms with Gasteiger partial charge in [0.1, 0.15) is 0 Å². The van der Waals surface area contributed by atoms with Gasteiger partial charge in [-0.3, -0.25) is 19.4 Å². The monoisotopic (exact) mass is 507 g/mol. The van der Waals surface area contributed by atoms with Crippen molar-refractivity contribution in [2.75, 3.05) is 13.1 Å². The van der Waals surface area contributed by atoms with E-state index in [-0.39, 0.29) is 31.3 Å². The van der Waals surface area contributed by atoms with Gasteiger partial charge in [-0.15, -0.1) is 0 Å². The number of aromatic nitrogens is 1. The lowest BCUT2D eigenvalue weighted by molar-refractivity contribution is -0.137. The lowest BCUT2D eigenvalue weighted by Gasteiger charge is -2.24. The Kier molecular flexibility index (Phi) is 8.97. The number of aliphatic carboxylic acids is 1. The molecule has 0 atom stereocenters. The summed E-state index contributed by atoms with van der Waals surface area (Å²) in [4.78, 5) is 43.9. The summed E-state index contributed by atoms with van der Waals surface area (Å²) < 4.78 is 0. The van der Waals surface area contributed by atoms with Crippen LogP contribution < -0.4 is 5.32 Å². The van der Waals surface area contributed by atoms with Crippen molar-refractivity contribution in [3.63, 3.8) is 0 Å². The highest BCUT2D eigenvalue weighted by atomic mass is 16.4. The van der Waals surface area contributed by atoms with Crippen LogP contribution in [-0.2, 0) is 17.8 Å². The lowest BCUT2D eigenvalue weighted by atomic mass is 9.94. The van der Waals surface area contributed by atoms with E-state index in [0.717, 1.165) is 11.1 Å². The molecule has 2 amide bonds. The molecule has 4 rings (SSSR count). The van der Waals surface area contributed by atoms with E-state index in [1.807, 2.05) is 60.7 Å². The van der Waals surface area contributed by atoms with E-state index in [2.05, 4.69) is 10.3 Å². The molecule has 4 aromatic rings. The summed E-state index contributed by atoms with van der Waals surface area (Å²) >= 11 is 0. The smallest absolute Gasteiger partial charge is 0.305 e. The van der Waals surface area contributed by atoms with Crippen LogP contribution in [0.2, 0.25) is 0 Å². The zero-order valence-electron chi connectivity index (χ0n) is 20.9. The van der Waals surface area contributed by atoms with E-state index in [0.29, 0.717) is 35.2 Å². The first-order chi connectivity index (χ1) is 18.5. The van der Waals surface area contributed by atoms with Gasteiger partial charge in [0.25, 0.3) is 11.8 Å². The van der Waals surface area contributed by atoms with Gasteiger partial charge in [-0.2, -0.15) is 0 Å². The standard InChI is InChI=1S/C31H29N3O4/c35-29(36)17-20-34(22-24-11-8-18-32-21-24)31(38)28-15-7-5-13-26(28)25-12-4-6-14-27(25)30(37)33-19-16-23-9-2-1-3-10-23/h1-15,18,21H,16-17,19-20,22H2,(H,33,37)(H,35,36). The van der Waals surface area contributed by atoms with Crippen LogP contribution in [0.5, 0.6) is 0 Å². The van der Waals surface area contributed by atoms with Crippen molar-refractivity contribution >= 4 is 17.8 Å². The summed E-state index contributed by atoms with van der Waals surface area (Å²) in [6.07, 6.45) is 3.82. The summed E-state index contributed by atoms with van der Waals surface area (Å²) in [6.45, 7) is 0.737. The molecule has 0 fully saturated rings. The van der Waals surface area contributed by atoms with Gasteiger partial charge in [-0.1, -0.05) is 72.8 Å². The van der Waals surface area contributed by atoms with Crippen LogP contribution >= 0.6 is 0 Å². The molecule has 7 heteroatoms. The number of rotatable bonds is 11. The molecule has 0 unspecified atom stereocenters. The topological polar surface area (TPSA) is 99.6 Å². The molecule has 38 heavy (non-hydrogen) atoms.